The van der Waals surface area contributed by atoms with Gasteiger partial charge in [0.2, 0.25) is 5.91 Å². The molecule has 2 N–H and O–H groups in total. The Kier molecular flexibility index (Phi) is 5.57. The molecule has 1 aromatic heterocycles. The molecule has 6 nitrogen and oxygen atoms in total. The van der Waals surface area contributed by atoms with Crippen molar-refractivity contribution < 1.29 is 14.0 Å². The van der Waals surface area contributed by atoms with Crippen molar-refractivity contribution >= 4 is 17.6 Å². The summed E-state index contributed by atoms with van der Waals surface area (Å²) >= 11 is 0. The fourth-order valence-corrected chi connectivity index (χ4v) is 2.31. The molecule has 3 amide bonds. The summed E-state index contributed by atoms with van der Waals surface area (Å²) in [4.78, 5) is 25.1. The number of rotatable bonds is 5. The molecule has 0 saturated heterocycles. The molecular weight excluding hydrogens is 311 g/mol. The molecule has 128 valence electrons. The molecular formula is C17H21FN4O2. The Morgan fingerprint density at radius 2 is 1.96 bits per heavy atom. The number of aromatic nitrogens is 1. The van der Waals surface area contributed by atoms with Crippen molar-refractivity contribution in [1.82, 2.24) is 14.8 Å². The lowest BCUT2D eigenvalue weighted by Gasteiger charge is -2.21. The van der Waals surface area contributed by atoms with Crippen LogP contribution in [0.15, 0.2) is 42.7 Å². The third-order valence-electron chi connectivity index (χ3n) is 3.68. The zero-order valence-electron chi connectivity index (χ0n) is 13.9. The van der Waals surface area contributed by atoms with Gasteiger partial charge in [-0.3, -0.25) is 4.79 Å². The van der Waals surface area contributed by atoms with Crippen molar-refractivity contribution in [3.05, 3.63) is 48.5 Å². The number of hydrogen-bond donors (Lipinski definition) is 2. The Morgan fingerprint density at radius 3 is 2.58 bits per heavy atom. The number of nitrogens with zero attached hydrogens (tertiary/aromatic N) is 2. The van der Waals surface area contributed by atoms with Gasteiger partial charge < -0.3 is 20.1 Å². The van der Waals surface area contributed by atoms with Gasteiger partial charge in [0.15, 0.2) is 0 Å². The molecule has 0 fully saturated rings. The maximum Gasteiger partial charge on any atom is 0.321 e. The van der Waals surface area contributed by atoms with Gasteiger partial charge in [0.05, 0.1) is 11.6 Å². The second kappa shape index (κ2) is 7.63. The van der Waals surface area contributed by atoms with Gasteiger partial charge >= 0.3 is 6.03 Å². The van der Waals surface area contributed by atoms with Gasteiger partial charge in [0.25, 0.3) is 0 Å². The average molecular weight is 332 g/mol. The molecule has 0 saturated carbocycles. The molecule has 1 unspecified atom stereocenters. The SMILES string of the molecule is CNC(=O)C(C)CN(C)C(=O)Nc1cc(-n2cccc2)ccc1F. The predicted octanol–water partition coefficient (Wildman–Crippen LogP) is 2.46. The van der Waals surface area contributed by atoms with Crippen molar-refractivity contribution in [3.63, 3.8) is 0 Å². The largest absolute Gasteiger partial charge is 0.359 e. The first-order valence-electron chi connectivity index (χ1n) is 7.59. The Morgan fingerprint density at radius 1 is 1.29 bits per heavy atom. The lowest BCUT2D eigenvalue weighted by atomic mass is 10.1. The van der Waals surface area contributed by atoms with Gasteiger partial charge in [0, 0.05) is 38.7 Å². The van der Waals surface area contributed by atoms with Crippen LogP contribution in [-0.2, 0) is 4.79 Å². The molecule has 0 radical (unpaired) electrons. The maximum atomic E-state index is 14.0. The lowest BCUT2D eigenvalue weighted by Crippen LogP contribution is -2.39. The number of anilines is 1. The van der Waals surface area contributed by atoms with E-state index in [0.717, 1.165) is 5.69 Å². The van der Waals surface area contributed by atoms with Crippen LogP contribution in [0, 0.1) is 11.7 Å². The van der Waals surface area contributed by atoms with E-state index in [1.54, 1.807) is 33.2 Å². The molecule has 2 aromatic rings. The van der Waals surface area contributed by atoms with E-state index in [2.05, 4.69) is 10.6 Å². The molecule has 0 aliphatic rings. The Labute approximate surface area is 140 Å². The van der Waals surface area contributed by atoms with Crippen LogP contribution in [0.25, 0.3) is 5.69 Å². The average Bonchev–Trinajstić information content (AvgIpc) is 3.10. The standard InChI is InChI=1S/C17H21FN4O2/c1-12(16(23)19-2)11-21(3)17(24)20-15-10-13(6-7-14(15)18)22-8-4-5-9-22/h4-10,12H,11H2,1-3H3,(H,19,23)(H,20,24). The number of carbonyl (C=O) groups is 2. The number of halogens is 1. The van der Waals surface area contributed by atoms with E-state index in [1.165, 1.54) is 11.0 Å². The first kappa shape index (κ1) is 17.5. The highest BCUT2D eigenvalue weighted by molar-refractivity contribution is 5.90. The first-order valence-corrected chi connectivity index (χ1v) is 7.59. The van der Waals surface area contributed by atoms with E-state index in [9.17, 15) is 14.0 Å². The second-order valence-electron chi connectivity index (χ2n) is 5.58. The summed E-state index contributed by atoms with van der Waals surface area (Å²) in [5.74, 6) is -1.04. The number of hydrogen-bond acceptors (Lipinski definition) is 2. The normalized spacial score (nSPS) is 11.7. The van der Waals surface area contributed by atoms with Crippen LogP contribution in [0.4, 0.5) is 14.9 Å². The van der Waals surface area contributed by atoms with Gasteiger partial charge in [-0.2, -0.15) is 0 Å². The van der Waals surface area contributed by atoms with Gasteiger partial charge in [-0.1, -0.05) is 6.92 Å². The van der Waals surface area contributed by atoms with Crippen LogP contribution in [0.3, 0.4) is 0 Å². The molecule has 0 bridgehead atoms. The number of nitrogens with one attached hydrogen (secondary N) is 2. The topological polar surface area (TPSA) is 66.4 Å². The zero-order chi connectivity index (χ0) is 17.7. The lowest BCUT2D eigenvalue weighted by molar-refractivity contribution is -0.124. The van der Waals surface area contributed by atoms with Crippen LogP contribution in [0.1, 0.15) is 6.92 Å². The minimum Gasteiger partial charge on any atom is -0.359 e. The summed E-state index contributed by atoms with van der Waals surface area (Å²) in [5.41, 5.74) is 0.823. The monoisotopic (exact) mass is 332 g/mol. The first-order chi connectivity index (χ1) is 11.4. The Hall–Kier alpha value is -2.83. The summed E-state index contributed by atoms with van der Waals surface area (Å²) in [6, 6.07) is 7.73. The van der Waals surface area contributed by atoms with Crippen molar-refractivity contribution in [3.8, 4) is 5.69 Å². The summed E-state index contributed by atoms with van der Waals surface area (Å²) in [6.07, 6.45) is 3.66. The van der Waals surface area contributed by atoms with Crippen LogP contribution in [-0.4, -0.2) is 42.0 Å². The van der Waals surface area contributed by atoms with Gasteiger partial charge in [-0.15, -0.1) is 0 Å². The third kappa shape index (κ3) is 4.13. The third-order valence-corrected chi connectivity index (χ3v) is 3.68. The maximum absolute atomic E-state index is 14.0. The molecule has 1 heterocycles. The highest BCUT2D eigenvalue weighted by atomic mass is 19.1. The summed E-state index contributed by atoms with van der Waals surface area (Å²) in [6.45, 7) is 1.94. The fourth-order valence-electron chi connectivity index (χ4n) is 2.31. The van der Waals surface area contributed by atoms with E-state index >= 15 is 0 Å². The predicted molar refractivity (Wildman–Crippen MR) is 90.6 cm³/mol. The van der Waals surface area contributed by atoms with Gasteiger partial charge in [-0.25, -0.2) is 9.18 Å². The van der Waals surface area contributed by atoms with Crippen LogP contribution < -0.4 is 10.6 Å². The van der Waals surface area contributed by atoms with Crippen LogP contribution in [0.5, 0.6) is 0 Å². The molecule has 24 heavy (non-hydrogen) atoms. The molecule has 2 rings (SSSR count). The van der Waals surface area contributed by atoms with Gasteiger partial charge in [-0.05, 0) is 30.3 Å². The van der Waals surface area contributed by atoms with Crippen molar-refractivity contribution in [2.24, 2.45) is 5.92 Å². The molecule has 1 aromatic carbocycles. The minimum absolute atomic E-state index is 0.0886. The summed E-state index contributed by atoms with van der Waals surface area (Å²) in [5, 5.41) is 5.07. The minimum atomic E-state index is -0.521. The molecule has 0 aliphatic carbocycles. The zero-order valence-corrected chi connectivity index (χ0v) is 13.9. The van der Waals surface area contributed by atoms with E-state index in [0.29, 0.717) is 0 Å². The molecule has 0 aliphatic heterocycles. The van der Waals surface area contributed by atoms with Crippen LogP contribution in [0.2, 0.25) is 0 Å². The highest BCUT2D eigenvalue weighted by Crippen LogP contribution is 2.19. The van der Waals surface area contributed by atoms with Crippen molar-refractivity contribution in [2.45, 2.75) is 6.92 Å². The number of amides is 3. The summed E-state index contributed by atoms with van der Waals surface area (Å²) in [7, 11) is 3.10. The van der Waals surface area contributed by atoms with Gasteiger partial charge in [0.1, 0.15) is 5.82 Å². The van der Waals surface area contributed by atoms with Crippen LogP contribution >= 0.6 is 0 Å². The van der Waals surface area contributed by atoms with Crippen molar-refractivity contribution in [1.29, 1.82) is 0 Å². The van der Waals surface area contributed by atoms with E-state index < -0.39 is 11.8 Å². The smallest absolute Gasteiger partial charge is 0.321 e. The van der Waals surface area contributed by atoms with Crippen molar-refractivity contribution in [2.75, 3.05) is 26.0 Å². The Balaban J connectivity index is 2.08. The highest BCUT2D eigenvalue weighted by Gasteiger charge is 2.18. The van der Waals surface area contributed by atoms with E-state index in [1.807, 2.05) is 29.1 Å². The molecule has 1 atom stereocenters. The second-order valence-corrected chi connectivity index (χ2v) is 5.58. The number of benzene rings is 1. The fraction of sp³-hybridized carbons (Fsp3) is 0.294. The number of urea groups is 1. The molecule has 0 spiro atoms. The number of carbonyl (C=O) groups excluding carboxylic acids is 2. The Bertz CT molecular complexity index is 715. The van der Waals surface area contributed by atoms with E-state index in [4.69, 9.17) is 0 Å². The molecule has 7 heteroatoms. The summed E-state index contributed by atoms with van der Waals surface area (Å²) < 4.78 is 15.8. The van der Waals surface area contributed by atoms with E-state index in [-0.39, 0.29) is 24.1 Å². The quantitative estimate of drug-likeness (QED) is 0.883.